The molecule has 5 nitrogen and oxygen atoms in total. The lowest BCUT2D eigenvalue weighted by atomic mass is 10.1. The SMILES string of the molecule is COC1(OC)CCC(CO)C1.O=C1CCC(CO)C1. The summed E-state index contributed by atoms with van der Waals surface area (Å²) >= 11 is 0. The third-order valence-corrected chi connectivity index (χ3v) is 4.14. The van der Waals surface area contributed by atoms with Gasteiger partial charge >= 0.3 is 0 Å². The largest absolute Gasteiger partial charge is 0.396 e. The van der Waals surface area contributed by atoms with Crippen molar-refractivity contribution in [1.82, 2.24) is 0 Å². The first-order valence-corrected chi connectivity index (χ1v) is 6.93. The number of methoxy groups -OCH3 is 2. The Balaban J connectivity index is 0.000000200. The Labute approximate surface area is 114 Å². The van der Waals surface area contributed by atoms with Gasteiger partial charge in [0.1, 0.15) is 5.78 Å². The zero-order valence-corrected chi connectivity index (χ0v) is 11.9. The Morgan fingerprint density at radius 1 is 1.16 bits per heavy atom. The second-order valence-electron chi connectivity index (χ2n) is 5.44. The quantitative estimate of drug-likeness (QED) is 0.751. The van der Waals surface area contributed by atoms with Crippen LogP contribution in [0.2, 0.25) is 0 Å². The maximum absolute atomic E-state index is 10.5. The minimum Gasteiger partial charge on any atom is -0.396 e. The Bertz CT molecular complexity index is 275. The van der Waals surface area contributed by atoms with Crippen molar-refractivity contribution >= 4 is 5.78 Å². The molecule has 0 aromatic carbocycles. The van der Waals surface area contributed by atoms with Gasteiger partial charge in [-0.25, -0.2) is 0 Å². The number of ether oxygens (including phenoxy) is 2. The summed E-state index contributed by atoms with van der Waals surface area (Å²) in [6.45, 7) is 0.431. The molecular weight excluding hydrogens is 248 g/mol. The van der Waals surface area contributed by atoms with E-state index >= 15 is 0 Å². The molecule has 0 bridgehead atoms. The number of Topliss-reactive ketones (excluding diaryl/α,β-unsaturated/α-hetero) is 1. The first-order chi connectivity index (χ1) is 9.09. The van der Waals surface area contributed by atoms with Crippen molar-refractivity contribution in [3.8, 4) is 0 Å². The van der Waals surface area contributed by atoms with Crippen molar-refractivity contribution in [3.63, 3.8) is 0 Å². The molecule has 0 saturated heterocycles. The van der Waals surface area contributed by atoms with E-state index in [1.54, 1.807) is 14.2 Å². The summed E-state index contributed by atoms with van der Waals surface area (Å²) in [6, 6.07) is 0. The zero-order valence-electron chi connectivity index (χ0n) is 11.9. The van der Waals surface area contributed by atoms with E-state index in [2.05, 4.69) is 0 Å². The van der Waals surface area contributed by atoms with Crippen molar-refractivity contribution in [2.75, 3.05) is 27.4 Å². The van der Waals surface area contributed by atoms with Crippen molar-refractivity contribution < 1.29 is 24.5 Å². The van der Waals surface area contributed by atoms with Crippen LogP contribution < -0.4 is 0 Å². The molecule has 0 heterocycles. The maximum Gasteiger partial charge on any atom is 0.167 e. The number of hydrogen-bond acceptors (Lipinski definition) is 5. The summed E-state index contributed by atoms with van der Waals surface area (Å²) in [7, 11) is 3.31. The molecule has 2 atom stereocenters. The van der Waals surface area contributed by atoms with Gasteiger partial charge in [0.25, 0.3) is 0 Å². The predicted octanol–water partition coefficient (Wildman–Crippen LogP) is 1.12. The van der Waals surface area contributed by atoms with Crippen LogP contribution in [0.5, 0.6) is 0 Å². The standard InChI is InChI=1S/C8H16O3.C6H10O2/c1-10-8(11-2)4-3-7(5-8)6-9;7-4-5-1-2-6(8)3-5/h7,9H,3-6H2,1-2H3;5,7H,1-4H2. The van der Waals surface area contributed by atoms with Crippen LogP contribution in [0.25, 0.3) is 0 Å². The predicted molar refractivity (Wildman–Crippen MR) is 70.6 cm³/mol. The smallest absolute Gasteiger partial charge is 0.167 e. The maximum atomic E-state index is 10.5. The molecule has 0 aromatic heterocycles. The summed E-state index contributed by atoms with van der Waals surface area (Å²) in [5.74, 6) is 0.536. The van der Waals surface area contributed by atoms with E-state index in [4.69, 9.17) is 19.7 Å². The van der Waals surface area contributed by atoms with Crippen molar-refractivity contribution in [2.45, 2.75) is 44.3 Å². The fourth-order valence-corrected chi connectivity index (χ4v) is 2.72. The topological polar surface area (TPSA) is 76.0 Å². The molecule has 2 fully saturated rings. The van der Waals surface area contributed by atoms with E-state index in [1.807, 2.05) is 0 Å². The highest BCUT2D eigenvalue weighted by atomic mass is 16.7. The van der Waals surface area contributed by atoms with Crippen molar-refractivity contribution in [3.05, 3.63) is 0 Å². The summed E-state index contributed by atoms with van der Waals surface area (Å²) in [5.41, 5.74) is 0. The lowest BCUT2D eigenvalue weighted by molar-refractivity contribution is -0.203. The van der Waals surface area contributed by atoms with E-state index in [1.165, 1.54) is 0 Å². The number of ketones is 1. The Hall–Kier alpha value is -0.490. The monoisotopic (exact) mass is 274 g/mol. The minimum absolute atomic E-state index is 0.186. The van der Waals surface area contributed by atoms with Crippen molar-refractivity contribution in [1.29, 1.82) is 0 Å². The summed E-state index contributed by atoms with van der Waals surface area (Å²) in [4.78, 5) is 10.5. The van der Waals surface area contributed by atoms with Gasteiger partial charge in [-0.05, 0) is 24.7 Å². The fourth-order valence-electron chi connectivity index (χ4n) is 2.72. The molecule has 2 unspecified atom stereocenters. The molecule has 2 aliphatic rings. The number of hydrogen-bond donors (Lipinski definition) is 2. The highest BCUT2D eigenvalue weighted by Gasteiger charge is 2.38. The van der Waals surface area contributed by atoms with E-state index < -0.39 is 5.79 Å². The van der Waals surface area contributed by atoms with E-state index in [-0.39, 0.29) is 19.1 Å². The number of aliphatic hydroxyl groups excluding tert-OH is 2. The van der Waals surface area contributed by atoms with E-state index in [0.29, 0.717) is 24.5 Å². The molecule has 2 N–H and O–H groups in total. The third-order valence-electron chi connectivity index (χ3n) is 4.14. The molecule has 2 rings (SSSR count). The number of rotatable bonds is 4. The van der Waals surface area contributed by atoms with Crippen LogP contribution in [0, 0.1) is 11.8 Å². The van der Waals surface area contributed by atoms with Crippen molar-refractivity contribution in [2.24, 2.45) is 11.8 Å². The number of aliphatic hydroxyl groups is 2. The molecule has 2 saturated carbocycles. The van der Waals surface area contributed by atoms with Crippen LogP contribution in [0.1, 0.15) is 38.5 Å². The molecule has 0 spiro atoms. The molecule has 2 aliphatic carbocycles. The van der Waals surface area contributed by atoms with Crippen LogP contribution in [0.3, 0.4) is 0 Å². The third kappa shape index (κ3) is 4.84. The minimum atomic E-state index is -0.409. The highest BCUT2D eigenvalue weighted by Crippen LogP contribution is 2.37. The number of carbonyl (C=O) groups excluding carboxylic acids is 1. The van der Waals surface area contributed by atoms with Gasteiger partial charge in [-0.1, -0.05) is 0 Å². The van der Waals surface area contributed by atoms with Crippen LogP contribution in [-0.2, 0) is 14.3 Å². The molecular formula is C14H26O5. The Kier molecular flexibility index (Phi) is 6.93. The Morgan fingerprint density at radius 3 is 2.05 bits per heavy atom. The van der Waals surface area contributed by atoms with Crippen LogP contribution in [0.15, 0.2) is 0 Å². The lowest BCUT2D eigenvalue weighted by Gasteiger charge is -2.25. The molecule has 0 radical (unpaired) electrons. The van der Waals surface area contributed by atoms with E-state index in [9.17, 15) is 4.79 Å². The first-order valence-electron chi connectivity index (χ1n) is 6.93. The highest BCUT2D eigenvalue weighted by molar-refractivity contribution is 5.80. The van der Waals surface area contributed by atoms with Gasteiger partial charge in [-0.3, -0.25) is 4.79 Å². The van der Waals surface area contributed by atoms with Gasteiger partial charge in [0.15, 0.2) is 5.79 Å². The van der Waals surface area contributed by atoms with Gasteiger partial charge in [0.05, 0.1) is 0 Å². The lowest BCUT2D eigenvalue weighted by Crippen LogP contribution is -2.30. The Morgan fingerprint density at radius 2 is 1.79 bits per heavy atom. The van der Waals surface area contributed by atoms with Gasteiger partial charge < -0.3 is 19.7 Å². The second kappa shape index (κ2) is 7.94. The van der Waals surface area contributed by atoms with Crippen LogP contribution in [-0.4, -0.2) is 49.2 Å². The average Bonchev–Trinajstić information content (AvgIpc) is 3.06. The fraction of sp³-hybridized carbons (Fsp3) is 0.929. The summed E-state index contributed by atoms with van der Waals surface area (Å²) in [5, 5.41) is 17.4. The van der Waals surface area contributed by atoms with Gasteiger partial charge in [-0.15, -0.1) is 0 Å². The summed E-state index contributed by atoms with van der Waals surface area (Å²) in [6.07, 6.45) is 4.90. The zero-order chi connectivity index (χ0) is 14.3. The molecule has 112 valence electrons. The molecule has 5 heteroatoms. The average molecular weight is 274 g/mol. The summed E-state index contributed by atoms with van der Waals surface area (Å²) < 4.78 is 10.5. The van der Waals surface area contributed by atoms with Gasteiger partial charge in [0, 0.05) is 53.1 Å². The van der Waals surface area contributed by atoms with Gasteiger partial charge in [0.2, 0.25) is 0 Å². The van der Waals surface area contributed by atoms with Crippen LogP contribution in [0.4, 0.5) is 0 Å². The second-order valence-corrected chi connectivity index (χ2v) is 5.44. The van der Waals surface area contributed by atoms with Gasteiger partial charge in [-0.2, -0.15) is 0 Å². The molecule has 0 aliphatic heterocycles. The van der Waals surface area contributed by atoms with E-state index in [0.717, 1.165) is 25.7 Å². The molecule has 0 aromatic rings. The number of carbonyl (C=O) groups is 1. The molecule has 0 amide bonds. The molecule has 19 heavy (non-hydrogen) atoms. The van der Waals surface area contributed by atoms with Crippen LogP contribution >= 0.6 is 0 Å². The first kappa shape index (κ1) is 16.6. The normalized spacial score (nSPS) is 29.2.